The highest BCUT2D eigenvalue weighted by atomic mass is 32.1. The van der Waals surface area contributed by atoms with E-state index in [-0.39, 0.29) is 6.04 Å². The number of nitrogens with two attached hydrogens (primary N) is 1. The van der Waals surface area contributed by atoms with E-state index in [1.54, 1.807) is 23.3 Å². The Balaban J connectivity index is 2.52. The Kier molecular flexibility index (Phi) is 4.26. The van der Waals surface area contributed by atoms with E-state index in [1.165, 1.54) is 5.56 Å². The molecule has 0 radical (unpaired) electrons. The minimum Gasteiger partial charge on any atom is -0.338 e. The van der Waals surface area contributed by atoms with Crippen molar-refractivity contribution in [3.63, 3.8) is 0 Å². The van der Waals surface area contributed by atoms with Gasteiger partial charge in [-0.05, 0) is 36.4 Å². The molecule has 1 heterocycles. The normalized spacial score (nSPS) is 15.4. The minimum atomic E-state index is -0.646. The van der Waals surface area contributed by atoms with Crippen molar-refractivity contribution in [3.05, 3.63) is 57.8 Å². The Labute approximate surface area is 124 Å². The molecule has 0 aliphatic heterocycles. The first-order chi connectivity index (χ1) is 9.48. The van der Waals surface area contributed by atoms with Crippen molar-refractivity contribution in [1.29, 1.82) is 0 Å². The van der Waals surface area contributed by atoms with E-state index in [4.69, 9.17) is 5.73 Å². The summed E-state index contributed by atoms with van der Waals surface area (Å²) in [5, 5.41) is 2.04. The molecule has 0 aliphatic carbocycles. The molecule has 0 saturated heterocycles. The average molecular weight is 288 g/mol. The topological polar surface area (TPSA) is 46.3 Å². The van der Waals surface area contributed by atoms with Gasteiger partial charge in [0.2, 0.25) is 6.41 Å². The molecule has 0 saturated carbocycles. The number of carbonyl (C=O) groups is 1. The van der Waals surface area contributed by atoms with Crippen LogP contribution in [-0.4, -0.2) is 18.4 Å². The lowest BCUT2D eigenvalue weighted by Crippen LogP contribution is -2.46. The lowest BCUT2D eigenvalue weighted by atomic mass is 9.83. The zero-order chi connectivity index (χ0) is 14.8. The molecular formula is C16H20N2OS. The van der Waals surface area contributed by atoms with E-state index in [1.807, 2.05) is 42.6 Å². The van der Waals surface area contributed by atoms with Gasteiger partial charge >= 0.3 is 0 Å². The Hall–Kier alpha value is -1.65. The van der Waals surface area contributed by atoms with E-state index >= 15 is 0 Å². The van der Waals surface area contributed by atoms with Crippen LogP contribution in [0.15, 0.2) is 41.8 Å². The number of amides is 1. The second-order valence-electron chi connectivity index (χ2n) is 5.29. The monoisotopic (exact) mass is 288 g/mol. The van der Waals surface area contributed by atoms with Crippen molar-refractivity contribution in [3.8, 4) is 0 Å². The van der Waals surface area contributed by atoms with Crippen LogP contribution in [0.25, 0.3) is 0 Å². The van der Waals surface area contributed by atoms with Crippen molar-refractivity contribution in [2.24, 2.45) is 5.73 Å². The van der Waals surface area contributed by atoms with Crippen LogP contribution in [0.2, 0.25) is 0 Å². The quantitative estimate of drug-likeness (QED) is 0.860. The van der Waals surface area contributed by atoms with E-state index in [2.05, 4.69) is 13.0 Å². The molecule has 0 bridgehead atoms. The number of hydrogen-bond donors (Lipinski definition) is 1. The summed E-state index contributed by atoms with van der Waals surface area (Å²) in [5.41, 5.74) is 8.17. The van der Waals surface area contributed by atoms with Gasteiger partial charge in [0, 0.05) is 11.9 Å². The summed E-state index contributed by atoms with van der Waals surface area (Å²) in [7, 11) is 1.78. The fourth-order valence-corrected chi connectivity index (χ4v) is 3.77. The molecule has 2 aromatic rings. The lowest BCUT2D eigenvalue weighted by molar-refractivity contribution is -0.120. The average Bonchev–Trinajstić information content (AvgIpc) is 2.85. The molecule has 1 aromatic heterocycles. The van der Waals surface area contributed by atoms with Crippen molar-refractivity contribution in [2.75, 3.05) is 7.05 Å². The zero-order valence-electron chi connectivity index (χ0n) is 12.0. The molecule has 2 rings (SSSR count). The number of rotatable bonds is 5. The maximum absolute atomic E-state index is 11.3. The molecule has 20 heavy (non-hydrogen) atoms. The van der Waals surface area contributed by atoms with Gasteiger partial charge in [0.15, 0.2) is 0 Å². The van der Waals surface area contributed by atoms with Gasteiger partial charge in [-0.3, -0.25) is 4.79 Å². The highest BCUT2D eigenvalue weighted by molar-refractivity contribution is 7.10. The molecule has 1 aromatic carbocycles. The fraction of sp³-hybridized carbons (Fsp3) is 0.312. The first kappa shape index (κ1) is 14.8. The lowest BCUT2D eigenvalue weighted by Gasteiger charge is -2.39. The largest absolute Gasteiger partial charge is 0.338 e. The molecule has 2 unspecified atom stereocenters. The van der Waals surface area contributed by atoms with Crippen LogP contribution in [0.1, 0.15) is 29.0 Å². The van der Waals surface area contributed by atoms with Crippen molar-refractivity contribution in [2.45, 2.75) is 25.4 Å². The van der Waals surface area contributed by atoms with Gasteiger partial charge in [-0.2, -0.15) is 0 Å². The van der Waals surface area contributed by atoms with Gasteiger partial charge in [-0.1, -0.05) is 30.3 Å². The van der Waals surface area contributed by atoms with Gasteiger partial charge in [-0.25, -0.2) is 0 Å². The van der Waals surface area contributed by atoms with E-state index < -0.39 is 5.54 Å². The third kappa shape index (κ3) is 2.62. The van der Waals surface area contributed by atoms with Crippen LogP contribution in [-0.2, 0) is 10.3 Å². The van der Waals surface area contributed by atoms with Crippen molar-refractivity contribution >= 4 is 17.7 Å². The van der Waals surface area contributed by atoms with Gasteiger partial charge in [0.1, 0.15) is 0 Å². The summed E-state index contributed by atoms with van der Waals surface area (Å²) < 4.78 is 0. The second-order valence-corrected chi connectivity index (χ2v) is 6.24. The Morgan fingerprint density at radius 3 is 2.45 bits per heavy atom. The fourth-order valence-electron chi connectivity index (χ4n) is 2.56. The Morgan fingerprint density at radius 2 is 1.95 bits per heavy atom. The van der Waals surface area contributed by atoms with Crippen LogP contribution in [0, 0.1) is 6.92 Å². The molecule has 2 atom stereocenters. The minimum absolute atomic E-state index is 0.178. The summed E-state index contributed by atoms with van der Waals surface area (Å²) in [6, 6.07) is 11.8. The Bertz CT molecular complexity index is 577. The summed E-state index contributed by atoms with van der Waals surface area (Å²) in [6.45, 7) is 4.03. The standard InChI is InChI=1S/C16H20N2OS/c1-12-9-10-20-14(12)15(18(3)11-19)16(2,17)13-7-5-4-6-8-13/h4-11,15H,17H2,1-3H3. The first-order valence-electron chi connectivity index (χ1n) is 6.54. The molecule has 2 N–H and O–H groups in total. The molecule has 0 aliphatic rings. The van der Waals surface area contributed by atoms with E-state index in [9.17, 15) is 4.79 Å². The summed E-state index contributed by atoms with van der Waals surface area (Å²) in [6.07, 6.45) is 0.845. The summed E-state index contributed by atoms with van der Waals surface area (Å²) in [5.74, 6) is 0. The number of aryl methyl sites for hydroxylation is 1. The molecule has 0 fully saturated rings. The van der Waals surface area contributed by atoms with Crippen LogP contribution in [0.5, 0.6) is 0 Å². The van der Waals surface area contributed by atoms with Crippen LogP contribution >= 0.6 is 11.3 Å². The number of nitrogens with zero attached hydrogens (tertiary/aromatic N) is 1. The number of hydrogen-bond acceptors (Lipinski definition) is 3. The van der Waals surface area contributed by atoms with Crippen LogP contribution < -0.4 is 5.73 Å². The number of thiophene rings is 1. The zero-order valence-corrected chi connectivity index (χ0v) is 12.9. The number of carbonyl (C=O) groups excluding carboxylic acids is 1. The predicted octanol–water partition coefficient (Wildman–Crippen LogP) is 3.06. The van der Waals surface area contributed by atoms with Gasteiger partial charge in [0.25, 0.3) is 0 Å². The van der Waals surface area contributed by atoms with Gasteiger partial charge in [-0.15, -0.1) is 11.3 Å². The molecule has 3 nitrogen and oxygen atoms in total. The maximum Gasteiger partial charge on any atom is 0.210 e. The maximum atomic E-state index is 11.3. The molecule has 4 heteroatoms. The van der Waals surface area contributed by atoms with E-state index in [0.29, 0.717) is 0 Å². The number of benzene rings is 1. The molecule has 0 spiro atoms. The summed E-state index contributed by atoms with van der Waals surface area (Å²) in [4.78, 5) is 14.1. The van der Waals surface area contributed by atoms with E-state index in [0.717, 1.165) is 16.9 Å². The third-order valence-corrected chi connectivity index (χ3v) is 4.76. The predicted molar refractivity (Wildman–Crippen MR) is 83.6 cm³/mol. The third-order valence-electron chi connectivity index (χ3n) is 3.69. The summed E-state index contributed by atoms with van der Waals surface area (Å²) >= 11 is 1.64. The molecule has 1 amide bonds. The SMILES string of the molecule is Cc1ccsc1C(N(C)C=O)C(C)(N)c1ccccc1. The van der Waals surface area contributed by atoms with Crippen molar-refractivity contribution in [1.82, 2.24) is 4.90 Å². The smallest absolute Gasteiger partial charge is 0.210 e. The van der Waals surface area contributed by atoms with Crippen LogP contribution in [0.4, 0.5) is 0 Å². The second kappa shape index (κ2) is 5.77. The first-order valence-corrected chi connectivity index (χ1v) is 7.42. The number of likely N-dealkylation sites (N-methyl/N-ethyl adjacent to an activating group) is 1. The highest BCUT2D eigenvalue weighted by Crippen LogP contribution is 2.39. The van der Waals surface area contributed by atoms with Gasteiger partial charge in [0.05, 0.1) is 11.6 Å². The van der Waals surface area contributed by atoms with Gasteiger partial charge < -0.3 is 10.6 Å². The Morgan fingerprint density at radius 1 is 1.30 bits per heavy atom. The molecule has 106 valence electrons. The van der Waals surface area contributed by atoms with Crippen molar-refractivity contribution < 1.29 is 4.79 Å². The highest BCUT2D eigenvalue weighted by Gasteiger charge is 2.37. The molecular weight excluding hydrogens is 268 g/mol. The van der Waals surface area contributed by atoms with Crippen LogP contribution in [0.3, 0.4) is 0 Å².